The number of ether oxygens (including phenoxy) is 1. The van der Waals surface area contributed by atoms with Crippen LogP contribution in [0, 0.1) is 0 Å². The molecule has 0 aromatic rings. The van der Waals surface area contributed by atoms with Crippen LogP contribution < -0.4 is 0 Å². The largest absolute Gasteiger partial charge is 0.463 e. The zero-order valence-electron chi connectivity index (χ0n) is 10.2. The van der Waals surface area contributed by atoms with Crippen LogP contribution in [0.4, 0.5) is 0 Å². The molecule has 1 N–H and O–H groups in total. The van der Waals surface area contributed by atoms with E-state index in [-0.39, 0.29) is 18.8 Å². The Balaban J connectivity index is 3.50. The van der Waals surface area contributed by atoms with Crippen molar-refractivity contribution in [1.82, 2.24) is 0 Å². The zero-order chi connectivity index (χ0) is 12.4. The van der Waals surface area contributed by atoms with E-state index in [9.17, 15) is 14.7 Å². The molecule has 16 heavy (non-hydrogen) atoms. The summed E-state index contributed by atoms with van der Waals surface area (Å²) in [7, 11) is 0. The third kappa shape index (κ3) is 9.65. The smallest absolute Gasteiger partial charge is 0.302 e. The van der Waals surface area contributed by atoms with Crippen molar-refractivity contribution in [2.45, 2.75) is 58.5 Å². The van der Waals surface area contributed by atoms with E-state index in [1.807, 2.05) is 0 Å². The van der Waals surface area contributed by atoms with Crippen LogP contribution in [0.2, 0.25) is 0 Å². The number of hydrogen-bond acceptors (Lipinski definition) is 4. The first-order valence-corrected chi connectivity index (χ1v) is 5.89. The molecule has 1 atom stereocenters. The fraction of sp³-hybridized carbons (Fsp3) is 0.833. The second kappa shape index (κ2) is 9.33. The number of aliphatic hydroxyl groups excluding tert-OH is 1. The lowest BCUT2D eigenvalue weighted by atomic mass is 10.1. The molecule has 0 spiro atoms. The molecule has 0 aliphatic carbocycles. The van der Waals surface area contributed by atoms with E-state index in [4.69, 9.17) is 0 Å². The van der Waals surface area contributed by atoms with Gasteiger partial charge in [0.05, 0.1) is 6.10 Å². The van der Waals surface area contributed by atoms with Crippen LogP contribution in [0.25, 0.3) is 0 Å². The second-order valence-electron chi connectivity index (χ2n) is 4.01. The molecule has 0 rings (SSSR count). The average molecular weight is 230 g/mol. The van der Waals surface area contributed by atoms with E-state index in [1.54, 1.807) is 0 Å². The van der Waals surface area contributed by atoms with Crippen molar-refractivity contribution < 1.29 is 19.4 Å². The van der Waals surface area contributed by atoms with E-state index >= 15 is 0 Å². The van der Waals surface area contributed by atoms with Gasteiger partial charge in [0.15, 0.2) is 0 Å². The Labute approximate surface area is 97.0 Å². The first-order chi connectivity index (χ1) is 7.56. The Morgan fingerprint density at radius 2 is 1.94 bits per heavy atom. The molecule has 0 aliphatic heterocycles. The third-order valence-corrected chi connectivity index (χ3v) is 2.25. The lowest BCUT2D eigenvalue weighted by molar-refractivity contribution is -0.145. The van der Waals surface area contributed by atoms with Gasteiger partial charge in [-0.15, -0.1) is 0 Å². The summed E-state index contributed by atoms with van der Waals surface area (Å²) in [5.41, 5.74) is 0. The Morgan fingerprint density at radius 3 is 2.50 bits per heavy atom. The first kappa shape index (κ1) is 15.1. The minimum absolute atomic E-state index is 0.0377. The SMILES string of the molecule is CCCCCCC(=O)C[C@@H](O)COC(C)=O. The molecule has 94 valence electrons. The van der Waals surface area contributed by atoms with E-state index in [0.29, 0.717) is 6.42 Å². The molecule has 0 saturated carbocycles. The van der Waals surface area contributed by atoms with Gasteiger partial charge in [-0.05, 0) is 6.42 Å². The number of carbonyl (C=O) groups is 2. The number of hydrogen-bond donors (Lipinski definition) is 1. The summed E-state index contributed by atoms with van der Waals surface area (Å²) in [4.78, 5) is 21.8. The van der Waals surface area contributed by atoms with E-state index in [1.165, 1.54) is 6.92 Å². The Morgan fingerprint density at radius 1 is 1.25 bits per heavy atom. The summed E-state index contributed by atoms with van der Waals surface area (Å²) in [6.07, 6.45) is 3.96. The van der Waals surface area contributed by atoms with Gasteiger partial charge in [0, 0.05) is 19.8 Å². The standard InChI is InChI=1S/C12H22O4/c1-3-4-5-6-7-11(14)8-12(15)9-16-10(2)13/h12,15H,3-9H2,1-2H3/t12-/m1/s1. The molecule has 0 aliphatic rings. The molecule has 0 unspecified atom stereocenters. The van der Waals surface area contributed by atoms with Crippen LogP contribution in [-0.4, -0.2) is 29.6 Å². The van der Waals surface area contributed by atoms with Gasteiger partial charge in [0.25, 0.3) is 0 Å². The molecule has 0 fully saturated rings. The molecule has 0 amide bonds. The van der Waals surface area contributed by atoms with Gasteiger partial charge in [-0.2, -0.15) is 0 Å². The van der Waals surface area contributed by atoms with Crippen molar-refractivity contribution in [2.75, 3.05) is 6.61 Å². The molecule has 0 heterocycles. The highest BCUT2D eigenvalue weighted by molar-refractivity contribution is 5.78. The van der Waals surface area contributed by atoms with Crippen LogP contribution in [0.15, 0.2) is 0 Å². The minimum Gasteiger partial charge on any atom is -0.463 e. The van der Waals surface area contributed by atoms with Crippen LogP contribution in [0.1, 0.15) is 52.4 Å². The molecule has 0 aromatic heterocycles. The van der Waals surface area contributed by atoms with Gasteiger partial charge >= 0.3 is 5.97 Å². The lowest BCUT2D eigenvalue weighted by Crippen LogP contribution is -2.20. The maximum absolute atomic E-state index is 11.4. The van der Waals surface area contributed by atoms with Crippen LogP contribution in [0.5, 0.6) is 0 Å². The summed E-state index contributed by atoms with van der Waals surface area (Å²) in [6.45, 7) is 3.31. The van der Waals surface area contributed by atoms with E-state index in [0.717, 1.165) is 25.7 Å². The van der Waals surface area contributed by atoms with Crippen LogP contribution in [-0.2, 0) is 14.3 Å². The number of carbonyl (C=O) groups excluding carboxylic acids is 2. The van der Waals surface area contributed by atoms with Gasteiger partial charge in [-0.25, -0.2) is 0 Å². The van der Waals surface area contributed by atoms with Crippen molar-refractivity contribution in [2.24, 2.45) is 0 Å². The highest BCUT2D eigenvalue weighted by Gasteiger charge is 2.11. The van der Waals surface area contributed by atoms with Crippen LogP contribution >= 0.6 is 0 Å². The minimum atomic E-state index is -0.859. The van der Waals surface area contributed by atoms with Crippen molar-refractivity contribution in [3.8, 4) is 0 Å². The molecule has 0 radical (unpaired) electrons. The molecular formula is C12H22O4. The predicted molar refractivity (Wildman–Crippen MR) is 61.0 cm³/mol. The van der Waals surface area contributed by atoms with Gasteiger partial charge in [-0.3, -0.25) is 9.59 Å². The number of aliphatic hydroxyl groups is 1. The van der Waals surface area contributed by atoms with Gasteiger partial charge in [-0.1, -0.05) is 26.2 Å². The van der Waals surface area contributed by atoms with Crippen molar-refractivity contribution >= 4 is 11.8 Å². The van der Waals surface area contributed by atoms with Crippen LogP contribution in [0.3, 0.4) is 0 Å². The lowest BCUT2D eigenvalue weighted by Gasteiger charge is -2.09. The topological polar surface area (TPSA) is 63.6 Å². The summed E-state index contributed by atoms with van der Waals surface area (Å²) in [5.74, 6) is -0.398. The second-order valence-corrected chi connectivity index (χ2v) is 4.01. The third-order valence-electron chi connectivity index (χ3n) is 2.25. The number of rotatable bonds is 9. The highest BCUT2D eigenvalue weighted by Crippen LogP contribution is 2.06. The summed E-state index contributed by atoms with van der Waals surface area (Å²) in [6, 6.07) is 0. The number of esters is 1. The Bertz CT molecular complexity index is 213. The average Bonchev–Trinajstić information content (AvgIpc) is 2.21. The number of Topliss-reactive ketones (excluding diaryl/α,β-unsaturated/α-hetero) is 1. The maximum Gasteiger partial charge on any atom is 0.302 e. The Kier molecular flexibility index (Phi) is 8.81. The summed E-state index contributed by atoms with van der Waals surface area (Å²) >= 11 is 0. The first-order valence-electron chi connectivity index (χ1n) is 5.89. The fourth-order valence-corrected chi connectivity index (χ4v) is 1.39. The van der Waals surface area contributed by atoms with E-state index < -0.39 is 12.1 Å². The number of ketones is 1. The van der Waals surface area contributed by atoms with Crippen molar-refractivity contribution in [3.63, 3.8) is 0 Å². The predicted octanol–water partition coefficient (Wildman–Crippen LogP) is 1.84. The normalized spacial score (nSPS) is 12.2. The zero-order valence-corrected chi connectivity index (χ0v) is 10.2. The molecular weight excluding hydrogens is 208 g/mol. The molecule has 0 aromatic carbocycles. The quantitative estimate of drug-likeness (QED) is 0.485. The van der Waals surface area contributed by atoms with Crippen molar-refractivity contribution in [3.05, 3.63) is 0 Å². The molecule has 0 bridgehead atoms. The van der Waals surface area contributed by atoms with Gasteiger partial charge in [0.2, 0.25) is 0 Å². The summed E-state index contributed by atoms with van der Waals surface area (Å²) in [5, 5.41) is 9.37. The monoisotopic (exact) mass is 230 g/mol. The highest BCUT2D eigenvalue weighted by atomic mass is 16.5. The molecule has 0 saturated heterocycles. The van der Waals surface area contributed by atoms with E-state index in [2.05, 4.69) is 11.7 Å². The molecule has 4 heteroatoms. The van der Waals surface area contributed by atoms with Crippen molar-refractivity contribution in [1.29, 1.82) is 0 Å². The van der Waals surface area contributed by atoms with Gasteiger partial charge < -0.3 is 9.84 Å². The van der Waals surface area contributed by atoms with Gasteiger partial charge in [0.1, 0.15) is 12.4 Å². The molecule has 4 nitrogen and oxygen atoms in total. The fourth-order valence-electron chi connectivity index (χ4n) is 1.39. The number of unbranched alkanes of at least 4 members (excludes halogenated alkanes) is 3. The summed E-state index contributed by atoms with van der Waals surface area (Å²) < 4.78 is 4.61. The maximum atomic E-state index is 11.4. The Hall–Kier alpha value is -0.900.